The second kappa shape index (κ2) is 7.41. The Morgan fingerprint density at radius 3 is 2.29 bits per heavy atom. The molecule has 0 saturated heterocycles. The number of hydrogen-bond acceptors (Lipinski definition) is 5. The maximum Gasteiger partial charge on any atom is 0.255 e. The van der Waals surface area contributed by atoms with E-state index < -0.39 is 45.5 Å². The van der Waals surface area contributed by atoms with Crippen LogP contribution >= 0.6 is 0 Å². The lowest BCUT2D eigenvalue weighted by molar-refractivity contribution is 0.0712. The highest BCUT2D eigenvalue weighted by molar-refractivity contribution is 7.89. The fourth-order valence-electron chi connectivity index (χ4n) is 2.71. The lowest BCUT2D eigenvalue weighted by Gasteiger charge is -2.31. The number of hydrogen-bond donors (Lipinski definition) is 4. The molecule has 5 N–H and O–H groups in total. The van der Waals surface area contributed by atoms with Crippen LogP contribution in [0.1, 0.15) is 23.2 Å². The lowest BCUT2D eigenvalue weighted by Crippen LogP contribution is -2.46. The number of rotatable bonds is 5. The smallest absolute Gasteiger partial charge is 0.255 e. The summed E-state index contributed by atoms with van der Waals surface area (Å²) in [7, 11) is -4.06. The number of benzene rings is 2. The van der Waals surface area contributed by atoms with Crippen LogP contribution in [0.5, 0.6) is 0 Å². The van der Waals surface area contributed by atoms with Crippen molar-refractivity contribution in [3.63, 3.8) is 0 Å². The van der Waals surface area contributed by atoms with E-state index in [0.717, 1.165) is 6.07 Å². The first-order valence-electron chi connectivity index (χ1n) is 8.12. The largest absolute Gasteiger partial charge is 0.398 e. The number of amides is 1. The van der Waals surface area contributed by atoms with Crippen molar-refractivity contribution in [2.75, 3.05) is 11.1 Å². The zero-order valence-corrected chi connectivity index (χ0v) is 15.1. The standard InChI is InChI=1S/C17H16F3N3O4S/c18-12-6-9(7-13(19)16(12)20)22-17(25)8-1-2-14(21)15(3-8)28(26,27)23-10-4-11(24)5-10/h1-3,6-7,10-11,23-24H,4-5,21H2,(H,22,25)/t10-,11+. The minimum atomic E-state index is -4.06. The minimum absolute atomic E-state index is 0.109. The number of carbonyl (C=O) groups is 1. The van der Waals surface area contributed by atoms with E-state index in [1.54, 1.807) is 0 Å². The number of aliphatic hydroxyl groups is 1. The highest BCUT2D eigenvalue weighted by atomic mass is 32.2. The molecule has 28 heavy (non-hydrogen) atoms. The van der Waals surface area contributed by atoms with Gasteiger partial charge < -0.3 is 16.2 Å². The number of anilines is 2. The summed E-state index contributed by atoms with van der Waals surface area (Å²) in [6.45, 7) is 0. The number of sulfonamides is 1. The fraction of sp³-hybridized carbons (Fsp3) is 0.235. The second-order valence-electron chi connectivity index (χ2n) is 6.40. The third kappa shape index (κ3) is 4.11. The average molecular weight is 415 g/mol. The third-order valence-electron chi connectivity index (χ3n) is 4.24. The van der Waals surface area contributed by atoms with Gasteiger partial charge in [-0.1, -0.05) is 0 Å². The molecule has 7 nitrogen and oxygen atoms in total. The highest BCUT2D eigenvalue weighted by Gasteiger charge is 2.32. The maximum absolute atomic E-state index is 13.3. The Balaban J connectivity index is 1.83. The molecule has 150 valence electrons. The zero-order chi connectivity index (χ0) is 20.6. The van der Waals surface area contributed by atoms with Gasteiger partial charge in [0, 0.05) is 29.4 Å². The number of aliphatic hydroxyl groups excluding tert-OH is 1. The van der Waals surface area contributed by atoms with Crippen molar-refractivity contribution in [2.24, 2.45) is 0 Å². The molecule has 2 aromatic carbocycles. The predicted molar refractivity (Wildman–Crippen MR) is 94.5 cm³/mol. The lowest BCUT2D eigenvalue weighted by atomic mass is 9.91. The quantitative estimate of drug-likeness (QED) is 0.438. The maximum atomic E-state index is 13.3. The first-order valence-corrected chi connectivity index (χ1v) is 9.61. The Kier molecular flexibility index (Phi) is 5.33. The van der Waals surface area contributed by atoms with Crippen LogP contribution in [0.3, 0.4) is 0 Å². The third-order valence-corrected chi connectivity index (χ3v) is 5.82. The summed E-state index contributed by atoms with van der Waals surface area (Å²) in [5.41, 5.74) is 5.11. The molecule has 11 heteroatoms. The molecule has 0 aliphatic heterocycles. The molecule has 1 fully saturated rings. The number of carbonyl (C=O) groups excluding carboxylic acids is 1. The molecule has 0 spiro atoms. The Bertz CT molecular complexity index is 1020. The van der Waals surface area contributed by atoms with Crippen LogP contribution in [0.15, 0.2) is 35.2 Å². The number of halogens is 3. The van der Waals surface area contributed by atoms with Crippen LogP contribution in [0.2, 0.25) is 0 Å². The van der Waals surface area contributed by atoms with Crippen LogP contribution < -0.4 is 15.8 Å². The molecule has 3 rings (SSSR count). The van der Waals surface area contributed by atoms with Gasteiger partial charge in [-0.15, -0.1) is 0 Å². The van der Waals surface area contributed by atoms with E-state index in [0.29, 0.717) is 12.1 Å². The molecule has 1 saturated carbocycles. The van der Waals surface area contributed by atoms with E-state index in [9.17, 15) is 31.5 Å². The van der Waals surface area contributed by atoms with Gasteiger partial charge in [0.25, 0.3) is 5.91 Å². The summed E-state index contributed by atoms with van der Waals surface area (Å²) in [6, 6.07) is 4.18. The van der Waals surface area contributed by atoms with Gasteiger partial charge in [-0.25, -0.2) is 26.3 Å². The summed E-state index contributed by atoms with van der Waals surface area (Å²) in [6.07, 6.45) is -0.0409. The van der Waals surface area contributed by atoms with E-state index in [-0.39, 0.29) is 34.7 Å². The van der Waals surface area contributed by atoms with Crippen molar-refractivity contribution in [3.05, 3.63) is 53.3 Å². The number of nitrogens with one attached hydrogen (secondary N) is 2. The summed E-state index contributed by atoms with van der Waals surface area (Å²) >= 11 is 0. The summed E-state index contributed by atoms with van der Waals surface area (Å²) in [5, 5.41) is 11.4. The van der Waals surface area contributed by atoms with Crippen molar-refractivity contribution in [3.8, 4) is 0 Å². The Morgan fingerprint density at radius 1 is 1.11 bits per heavy atom. The van der Waals surface area contributed by atoms with Crippen LogP contribution in [0.4, 0.5) is 24.5 Å². The van der Waals surface area contributed by atoms with Gasteiger partial charge in [0.15, 0.2) is 17.5 Å². The van der Waals surface area contributed by atoms with Crippen molar-refractivity contribution in [1.29, 1.82) is 0 Å². The second-order valence-corrected chi connectivity index (χ2v) is 8.09. The van der Waals surface area contributed by atoms with Gasteiger partial charge in [0.05, 0.1) is 11.8 Å². The highest BCUT2D eigenvalue weighted by Crippen LogP contribution is 2.26. The molecule has 0 radical (unpaired) electrons. The van der Waals surface area contributed by atoms with Crippen molar-refractivity contribution in [2.45, 2.75) is 29.9 Å². The topological polar surface area (TPSA) is 122 Å². The molecule has 0 bridgehead atoms. The van der Waals surface area contributed by atoms with Crippen LogP contribution in [-0.2, 0) is 10.0 Å². The van der Waals surface area contributed by atoms with E-state index in [1.807, 2.05) is 0 Å². The minimum Gasteiger partial charge on any atom is -0.398 e. The molecule has 0 aromatic heterocycles. The van der Waals surface area contributed by atoms with Crippen LogP contribution in [0.25, 0.3) is 0 Å². The molecule has 1 amide bonds. The summed E-state index contributed by atoms with van der Waals surface area (Å²) in [4.78, 5) is 12.0. The number of nitrogens with two attached hydrogens (primary N) is 1. The van der Waals surface area contributed by atoms with Gasteiger partial charge >= 0.3 is 0 Å². The SMILES string of the molecule is Nc1ccc(C(=O)Nc2cc(F)c(F)c(F)c2)cc1S(=O)(=O)N[C@H]1C[C@@H](O)C1. The monoisotopic (exact) mass is 415 g/mol. The van der Waals surface area contributed by atoms with Gasteiger partial charge in [-0.2, -0.15) is 0 Å². The Labute approximate surface area is 158 Å². The molecular weight excluding hydrogens is 399 g/mol. The van der Waals surface area contributed by atoms with E-state index >= 15 is 0 Å². The van der Waals surface area contributed by atoms with Crippen LogP contribution in [0, 0.1) is 17.5 Å². The van der Waals surface area contributed by atoms with Gasteiger partial charge in [0.2, 0.25) is 10.0 Å². The zero-order valence-electron chi connectivity index (χ0n) is 14.2. The van der Waals surface area contributed by atoms with Crippen molar-refractivity contribution >= 4 is 27.3 Å². The summed E-state index contributed by atoms with van der Waals surface area (Å²) < 4.78 is 66.9. The Hall–Kier alpha value is -2.63. The Morgan fingerprint density at radius 2 is 1.71 bits per heavy atom. The first-order chi connectivity index (χ1) is 13.1. The van der Waals surface area contributed by atoms with E-state index in [2.05, 4.69) is 10.0 Å². The van der Waals surface area contributed by atoms with Crippen molar-refractivity contribution in [1.82, 2.24) is 4.72 Å². The molecule has 1 aliphatic rings. The van der Waals surface area contributed by atoms with Crippen molar-refractivity contribution < 1.29 is 31.5 Å². The molecule has 0 atom stereocenters. The molecule has 2 aromatic rings. The molecule has 0 heterocycles. The van der Waals surface area contributed by atoms with E-state index in [4.69, 9.17) is 5.73 Å². The van der Waals surface area contributed by atoms with Gasteiger partial charge in [-0.05, 0) is 31.0 Å². The van der Waals surface area contributed by atoms with Crippen LogP contribution in [-0.4, -0.2) is 31.6 Å². The number of nitrogen functional groups attached to an aromatic ring is 1. The molecule has 1 aliphatic carbocycles. The van der Waals surface area contributed by atoms with E-state index in [1.165, 1.54) is 12.1 Å². The molecular formula is C17H16F3N3O4S. The van der Waals surface area contributed by atoms with Gasteiger partial charge in [0.1, 0.15) is 4.90 Å². The van der Waals surface area contributed by atoms with Gasteiger partial charge in [-0.3, -0.25) is 4.79 Å². The molecule has 0 unspecified atom stereocenters. The summed E-state index contributed by atoms with van der Waals surface area (Å²) in [5.74, 6) is -5.52. The fourth-order valence-corrected chi connectivity index (χ4v) is 4.12. The normalized spacial score (nSPS) is 19.1. The predicted octanol–water partition coefficient (Wildman–Crippen LogP) is 1.74. The first kappa shape index (κ1) is 20.1. The average Bonchev–Trinajstić information content (AvgIpc) is 2.58.